The average Bonchev–Trinajstić information content (AvgIpc) is 2.52. The Balaban J connectivity index is 1.81. The van der Waals surface area contributed by atoms with E-state index < -0.39 is 11.6 Å². The van der Waals surface area contributed by atoms with Crippen LogP contribution in [0.2, 0.25) is 0 Å². The van der Waals surface area contributed by atoms with Gasteiger partial charge in [0.25, 0.3) is 0 Å². The van der Waals surface area contributed by atoms with E-state index in [9.17, 15) is 13.6 Å². The number of amides is 1. The van der Waals surface area contributed by atoms with Gasteiger partial charge in [0.15, 0.2) is 11.6 Å². The Labute approximate surface area is 132 Å². The van der Waals surface area contributed by atoms with E-state index in [4.69, 9.17) is 0 Å². The molecule has 0 heterocycles. The molecular formula is C17H17F2NOS. The molecule has 0 aromatic heterocycles. The lowest BCUT2D eigenvalue weighted by atomic mass is 10.1. The maximum atomic E-state index is 13.5. The van der Waals surface area contributed by atoms with Gasteiger partial charge in [0.1, 0.15) is 0 Å². The molecule has 116 valence electrons. The van der Waals surface area contributed by atoms with Crippen molar-refractivity contribution in [2.75, 3.05) is 11.1 Å². The van der Waals surface area contributed by atoms with Crippen LogP contribution >= 0.6 is 11.8 Å². The van der Waals surface area contributed by atoms with E-state index in [0.29, 0.717) is 0 Å². The van der Waals surface area contributed by atoms with Crippen molar-refractivity contribution in [3.63, 3.8) is 0 Å². The molecule has 0 aliphatic heterocycles. The van der Waals surface area contributed by atoms with Crippen LogP contribution in [0.3, 0.4) is 0 Å². The first-order valence-electron chi connectivity index (χ1n) is 6.99. The largest absolute Gasteiger partial charge is 0.325 e. The molecule has 0 radical (unpaired) electrons. The van der Waals surface area contributed by atoms with Crippen LogP contribution in [0.4, 0.5) is 14.5 Å². The molecule has 22 heavy (non-hydrogen) atoms. The SMILES string of the molecule is CCc1ccc(NC(=O)CSCc2cccc(F)c2F)cc1. The van der Waals surface area contributed by atoms with Crippen molar-refractivity contribution in [3.05, 3.63) is 65.2 Å². The second-order valence-corrected chi connectivity index (χ2v) is 5.79. The van der Waals surface area contributed by atoms with Gasteiger partial charge in [0.2, 0.25) is 5.91 Å². The molecule has 0 aliphatic carbocycles. The molecule has 5 heteroatoms. The Morgan fingerprint density at radius 1 is 1.14 bits per heavy atom. The van der Waals surface area contributed by atoms with E-state index in [1.807, 2.05) is 24.3 Å². The zero-order valence-corrected chi connectivity index (χ0v) is 13.1. The highest BCUT2D eigenvalue weighted by Gasteiger charge is 2.09. The Bertz CT molecular complexity index is 644. The normalized spacial score (nSPS) is 10.5. The van der Waals surface area contributed by atoms with Crippen LogP contribution in [-0.4, -0.2) is 11.7 Å². The van der Waals surface area contributed by atoms with Crippen molar-refractivity contribution in [3.8, 4) is 0 Å². The van der Waals surface area contributed by atoms with Crippen LogP contribution in [0, 0.1) is 11.6 Å². The highest BCUT2D eigenvalue weighted by molar-refractivity contribution is 7.99. The fourth-order valence-corrected chi connectivity index (χ4v) is 2.74. The third-order valence-corrected chi connectivity index (χ3v) is 4.15. The van der Waals surface area contributed by atoms with E-state index in [1.54, 1.807) is 0 Å². The van der Waals surface area contributed by atoms with Gasteiger partial charge in [-0.2, -0.15) is 0 Å². The van der Waals surface area contributed by atoms with Crippen LogP contribution < -0.4 is 5.32 Å². The molecule has 1 N–H and O–H groups in total. The minimum Gasteiger partial charge on any atom is -0.325 e. The third-order valence-electron chi connectivity index (χ3n) is 3.17. The maximum Gasteiger partial charge on any atom is 0.234 e. The summed E-state index contributed by atoms with van der Waals surface area (Å²) in [6.45, 7) is 2.07. The molecule has 0 aliphatic rings. The number of rotatable bonds is 6. The fraction of sp³-hybridized carbons (Fsp3) is 0.235. The summed E-state index contributed by atoms with van der Waals surface area (Å²) in [5.74, 6) is -1.42. The zero-order valence-electron chi connectivity index (χ0n) is 12.2. The van der Waals surface area contributed by atoms with Gasteiger partial charge >= 0.3 is 0 Å². The van der Waals surface area contributed by atoms with Crippen LogP contribution in [-0.2, 0) is 17.0 Å². The summed E-state index contributed by atoms with van der Waals surface area (Å²) >= 11 is 1.25. The number of thioether (sulfide) groups is 1. The molecule has 2 aromatic rings. The topological polar surface area (TPSA) is 29.1 Å². The molecule has 0 bridgehead atoms. The third kappa shape index (κ3) is 4.56. The van der Waals surface area contributed by atoms with Crippen LogP contribution in [0.25, 0.3) is 0 Å². The van der Waals surface area contributed by atoms with Crippen LogP contribution in [0.1, 0.15) is 18.1 Å². The molecular weight excluding hydrogens is 304 g/mol. The van der Waals surface area contributed by atoms with Gasteiger partial charge in [-0.25, -0.2) is 8.78 Å². The van der Waals surface area contributed by atoms with E-state index >= 15 is 0 Å². The van der Waals surface area contributed by atoms with Gasteiger partial charge in [-0.15, -0.1) is 11.8 Å². The summed E-state index contributed by atoms with van der Waals surface area (Å²) in [7, 11) is 0. The molecule has 0 saturated heterocycles. The van der Waals surface area contributed by atoms with Gasteiger partial charge in [-0.1, -0.05) is 31.2 Å². The quantitative estimate of drug-likeness (QED) is 0.854. The summed E-state index contributed by atoms with van der Waals surface area (Å²) in [6, 6.07) is 11.7. The summed E-state index contributed by atoms with van der Waals surface area (Å²) in [5.41, 5.74) is 2.21. The first-order chi connectivity index (χ1) is 10.6. The van der Waals surface area contributed by atoms with Gasteiger partial charge < -0.3 is 5.32 Å². The van der Waals surface area contributed by atoms with Gasteiger partial charge in [-0.3, -0.25) is 4.79 Å². The second kappa shape index (κ2) is 7.94. The highest BCUT2D eigenvalue weighted by atomic mass is 32.2. The van der Waals surface area contributed by atoms with Crippen molar-refractivity contribution in [2.24, 2.45) is 0 Å². The molecule has 0 unspecified atom stereocenters. The summed E-state index contributed by atoms with van der Waals surface area (Å²) in [6.07, 6.45) is 0.948. The first kappa shape index (κ1) is 16.5. The fourth-order valence-electron chi connectivity index (χ4n) is 1.93. The van der Waals surface area contributed by atoms with Crippen molar-refractivity contribution >= 4 is 23.4 Å². The molecule has 2 rings (SSSR count). The number of carbonyl (C=O) groups is 1. The lowest BCUT2D eigenvalue weighted by Gasteiger charge is -2.07. The van der Waals surface area contributed by atoms with Crippen LogP contribution in [0.5, 0.6) is 0 Å². The number of hydrogen-bond donors (Lipinski definition) is 1. The minimum atomic E-state index is -0.862. The predicted molar refractivity (Wildman–Crippen MR) is 87.0 cm³/mol. The molecule has 0 fully saturated rings. The van der Waals surface area contributed by atoms with Gasteiger partial charge in [0, 0.05) is 17.0 Å². The van der Waals surface area contributed by atoms with Crippen molar-refractivity contribution < 1.29 is 13.6 Å². The smallest absolute Gasteiger partial charge is 0.234 e. The summed E-state index contributed by atoms with van der Waals surface area (Å²) in [5, 5.41) is 2.78. The average molecular weight is 321 g/mol. The standard InChI is InChI=1S/C17H17F2NOS/c1-2-12-6-8-14(9-7-12)20-16(21)11-22-10-13-4-3-5-15(18)17(13)19/h3-9H,2,10-11H2,1H3,(H,20,21). The summed E-state index contributed by atoms with van der Waals surface area (Å²) in [4.78, 5) is 11.8. The Kier molecular flexibility index (Phi) is 5.95. The van der Waals surface area contributed by atoms with Crippen molar-refractivity contribution in [1.29, 1.82) is 0 Å². The zero-order chi connectivity index (χ0) is 15.9. The van der Waals surface area contributed by atoms with E-state index in [-0.39, 0.29) is 23.0 Å². The molecule has 2 nitrogen and oxygen atoms in total. The predicted octanol–water partition coefficient (Wildman–Crippen LogP) is 4.40. The molecule has 0 saturated carbocycles. The number of carbonyl (C=O) groups excluding carboxylic acids is 1. The summed E-state index contributed by atoms with van der Waals surface area (Å²) < 4.78 is 26.5. The van der Waals surface area contributed by atoms with Gasteiger partial charge in [-0.05, 0) is 30.2 Å². The monoisotopic (exact) mass is 321 g/mol. The maximum absolute atomic E-state index is 13.5. The number of benzene rings is 2. The number of hydrogen-bond acceptors (Lipinski definition) is 2. The molecule has 1 amide bonds. The second-order valence-electron chi connectivity index (χ2n) is 4.80. The molecule has 0 spiro atoms. The highest BCUT2D eigenvalue weighted by Crippen LogP contribution is 2.18. The van der Waals surface area contributed by atoms with Crippen molar-refractivity contribution in [1.82, 2.24) is 0 Å². The molecule has 2 aromatic carbocycles. The molecule has 0 atom stereocenters. The van der Waals surface area contributed by atoms with Gasteiger partial charge in [0.05, 0.1) is 5.75 Å². The number of aryl methyl sites for hydroxylation is 1. The van der Waals surface area contributed by atoms with E-state index in [1.165, 1.54) is 29.5 Å². The van der Waals surface area contributed by atoms with Crippen molar-refractivity contribution in [2.45, 2.75) is 19.1 Å². The van der Waals surface area contributed by atoms with E-state index in [0.717, 1.165) is 18.2 Å². The lowest BCUT2D eigenvalue weighted by Crippen LogP contribution is -2.14. The Morgan fingerprint density at radius 3 is 2.55 bits per heavy atom. The first-order valence-corrected chi connectivity index (χ1v) is 8.15. The number of halogens is 2. The Morgan fingerprint density at radius 2 is 1.86 bits per heavy atom. The van der Waals surface area contributed by atoms with Crippen LogP contribution in [0.15, 0.2) is 42.5 Å². The number of nitrogens with one attached hydrogen (secondary N) is 1. The minimum absolute atomic E-state index is 0.161. The number of anilines is 1. The van der Waals surface area contributed by atoms with E-state index in [2.05, 4.69) is 12.2 Å². The lowest BCUT2D eigenvalue weighted by molar-refractivity contribution is -0.113. The Hall–Kier alpha value is -1.88.